The van der Waals surface area contributed by atoms with Crippen molar-refractivity contribution in [1.29, 1.82) is 0 Å². The fourth-order valence-electron chi connectivity index (χ4n) is 1.96. The largest absolute Gasteiger partial charge is 0.377 e. The van der Waals surface area contributed by atoms with E-state index in [9.17, 15) is 0 Å². The van der Waals surface area contributed by atoms with E-state index in [2.05, 4.69) is 35.4 Å². The molecule has 2 rings (SSSR count). The monoisotopic (exact) mass is 255 g/mol. The maximum Gasteiger partial charge on any atom is 0.0716 e. The average Bonchev–Trinajstić information content (AvgIpc) is 2.72. The predicted octanol–water partition coefficient (Wildman–Crippen LogP) is 4.29. The standard InChI is InChI=1S/C17H21NO/c1-3-9-16(10-4-1)15-19-14-8-6-12-17-11-5-2-7-13-18-17/h1,3-5,7,9-11,13H,2,6,8,12,14-15H2. The summed E-state index contributed by atoms with van der Waals surface area (Å²) in [4.78, 5) is 4.40. The first-order chi connectivity index (χ1) is 9.45. The molecule has 0 N–H and O–H groups in total. The quantitative estimate of drug-likeness (QED) is 0.666. The zero-order valence-electron chi connectivity index (χ0n) is 11.3. The van der Waals surface area contributed by atoms with Crippen LogP contribution in [0.5, 0.6) is 0 Å². The topological polar surface area (TPSA) is 21.6 Å². The molecule has 0 aliphatic carbocycles. The number of benzene rings is 1. The van der Waals surface area contributed by atoms with Crippen molar-refractivity contribution in [3.63, 3.8) is 0 Å². The number of ether oxygens (including phenoxy) is 1. The molecule has 19 heavy (non-hydrogen) atoms. The number of unbranched alkanes of at least 4 members (excludes halogenated alkanes) is 1. The number of allylic oxidation sites excluding steroid dienone is 3. The minimum Gasteiger partial charge on any atom is -0.377 e. The molecule has 1 aromatic carbocycles. The van der Waals surface area contributed by atoms with E-state index in [1.807, 2.05) is 24.4 Å². The summed E-state index contributed by atoms with van der Waals surface area (Å²) in [5.41, 5.74) is 2.42. The molecule has 0 amide bonds. The third-order valence-electron chi connectivity index (χ3n) is 3.01. The molecule has 2 heteroatoms. The van der Waals surface area contributed by atoms with E-state index in [-0.39, 0.29) is 0 Å². The van der Waals surface area contributed by atoms with Gasteiger partial charge in [-0.25, -0.2) is 0 Å². The van der Waals surface area contributed by atoms with Crippen LogP contribution < -0.4 is 0 Å². The van der Waals surface area contributed by atoms with Gasteiger partial charge < -0.3 is 4.74 Å². The molecule has 1 aliphatic rings. The van der Waals surface area contributed by atoms with Gasteiger partial charge in [-0.2, -0.15) is 0 Å². The summed E-state index contributed by atoms with van der Waals surface area (Å²) in [6, 6.07) is 10.3. The van der Waals surface area contributed by atoms with Crippen LogP contribution in [0.15, 0.2) is 59.8 Å². The Morgan fingerprint density at radius 1 is 1.05 bits per heavy atom. The minimum atomic E-state index is 0.713. The summed E-state index contributed by atoms with van der Waals surface area (Å²) in [6.07, 6.45) is 12.5. The number of nitrogens with zero attached hydrogens (tertiary/aromatic N) is 1. The van der Waals surface area contributed by atoms with Crippen LogP contribution >= 0.6 is 0 Å². The lowest BCUT2D eigenvalue weighted by atomic mass is 10.1. The summed E-state index contributed by atoms with van der Waals surface area (Å²) in [5.74, 6) is 0. The average molecular weight is 255 g/mol. The first-order valence-electron chi connectivity index (χ1n) is 6.95. The Balaban J connectivity index is 1.55. The fraction of sp³-hybridized carbons (Fsp3) is 0.353. The van der Waals surface area contributed by atoms with E-state index < -0.39 is 0 Å². The molecule has 0 bridgehead atoms. The van der Waals surface area contributed by atoms with Gasteiger partial charge in [0, 0.05) is 18.5 Å². The number of hydrogen-bond donors (Lipinski definition) is 0. The highest BCUT2D eigenvalue weighted by Crippen LogP contribution is 2.06. The van der Waals surface area contributed by atoms with Gasteiger partial charge in [-0.15, -0.1) is 0 Å². The van der Waals surface area contributed by atoms with Gasteiger partial charge in [0.1, 0.15) is 0 Å². The van der Waals surface area contributed by atoms with Gasteiger partial charge in [0.2, 0.25) is 0 Å². The van der Waals surface area contributed by atoms with Crippen molar-refractivity contribution >= 4 is 5.71 Å². The second kappa shape index (κ2) is 8.44. The molecule has 1 aromatic rings. The first kappa shape index (κ1) is 13.8. The molecular weight excluding hydrogens is 234 g/mol. The zero-order valence-corrected chi connectivity index (χ0v) is 11.3. The van der Waals surface area contributed by atoms with Crippen LogP contribution in [0.2, 0.25) is 0 Å². The van der Waals surface area contributed by atoms with E-state index in [0.29, 0.717) is 6.61 Å². The molecular formula is C17H21NO. The van der Waals surface area contributed by atoms with E-state index in [4.69, 9.17) is 4.74 Å². The Morgan fingerprint density at radius 3 is 2.84 bits per heavy atom. The van der Waals surface area contributed by atoms with Gasteiger partial charge in [0.05, 0.1) is 6.61 Å². The van der Waals surface area contributed by atoms with Crippen molar-refractivity contribution in [2.24, 2.45) is 4.99 Å². The fourth-order valence-corrected chi connectivity index (χ4v) is 1.96. The van der Waals surface area contributed by atoms with E-state index in [0.717, 1.165) is 32.3 Å². The second-order valence-electron chi connectivity index (χ2n) is 4.64. The Hall–Kier alpha value is -1.67. The summed E-state index contributed by atoms with van der Waals surface area (Å²) in [6.45, 7) is 1.53. The van der Waals surface area contributed by atoms with Crippen molar-refractivity contribution in [3.05, 3.63) is 60.3 Å². The van der Waals surface area contributed by atoms with Gasteiger partial charge in [-0.3, -0.25) is 4.99 Å². The number of aliphatic imine (C=N–C) groups is 1. The van der Waals surface area contributed by atoms with Crippen LogP contribution in [0, 0.1) is 0 Å². The Morgan fingerprint density at radius 2 is 1.95 bits per heavy atom. The molecule has 0 spiro atoms. The Labute approximate surface area is 115 Å². The van der Waals surface area contributed by atoms with Crippen LogP contribution in [-0.2, 0) is 11.3 Å². The van der Waals surface area contributed by atoms with Crippen molar-refractivity contribution in [2.45, 2.75) is 32.3 Å². The number of hydrogen-bond acceptors (Lipinski definition) is 2. The molecule has 0 fully saturated rings. The van der Waals surface area contributed by atoms with Crippen LogP contribution in [0.3, 0.4) is 0 Å². The van der Waals surface area contributed by atoms with Crippen LogP contribution in [0.4, 0.5) is 0 Å². The minimum absolute atomic E-state index is 0.713. The van der Waals surface area contributed by atoms with E-state index >= 15 is 0 Å². The summed E-state index contributed by atoms with van der Waals surface area (Å²) in [7, 11) is 0. The third-order valence-corrected chi connectivity index (χ3v) is 3.01. The van der Waals surface area contributed by atoms with Gasteiger partial charge in [-0.05, 0) is 37.3 Å². The van der Waals surface area contributed by atoms with Crippen molar-refractivity contribution in [3.8, 4) is 0 Å². The summed E-state index contributed by atoms with van der Waals surface area (Å²) in [5, 5.41) is 0. The molecule has 0 unspecified atom stereocenters. The molecule has 0 atom stereocenters. The molecule has 2 nitrogen and oxygen atoms in total. The Kier molecular flexibility index (Phi) is 6.11. The lowest BCUT2D eigenvalue weighted by Crippen LogP contribution is -1.98. The van der Waals surface area contributed by atoms with Gasteiger partial charge in [0.15, 0.2) is 0 Å². The van der Waals surface area contributed by atoms with E-state index in [1.165, 1.54) is 11.3 Å². The Bertz CT molecular complexity index is 446. The lowest BCUT2D eigenvalue weighted by molar-refractivity contribution is 0.117. The molecule has 0 aromatic heterocycles. The van der Waals surface area contributed by atoms with Gasteiger partial charge in [0.25, 0.3) is 0 Å². The molecule has 100 valence electrons. The maximum atomic E-state index is 5.66. The van der Waals surface area contributed by atoms with Crippen LogP contribution in [0.25, 0.3) is 0 Å². The smallest absolute Gasteiger partial charge is 0.0716 e. The van der Waals surface area contributed by atoms with E-state index in [1.54, 1.807) is 0 Å². The molecule has 0 saturated heterocycles. The van der Waals surface area contributed by atoms with Gasteiger partial charge >= 0.3 is 0 Å². The molecule has 0 saturated carbocycles. The molecule has 1 heterocycles. The first-order valence-corrected chi connectivity index (χ1v) is 6.95. The zero-order chi connectivity index (χ0) is 13.2. The highest BCUT2D eigenvalue weighted by molar-refractivity contribution is 5.95. The predicted molar refractivity (Wildman–Crippen MR) is 80.3 cm³/mol. The highest BCUT2D eigenvalue weighted by atomic mass is 16.5. The SMILES string of the molecule is C1=CN=C(CCCCOCc2ccccc2)C=CC1. The third kappa shape index (κ3) is 5.66. The van der Waals surface area contributed by atoms with Gasteiger partial charge in [-0.1, -0.05) is 42.5 Å². The van der Waals surface area contributed by atoms with Crippen molar-refractivity contribution < 1.29 is 4.74 Å². The lowest BCUT2D eigenvalue weighted by Gasteiger charge is -2.04. The summed E-state index contributed by atoms with van der Waals surface area (Å²) >= 11 is 0. The normalized spacial score (nSPS) is 14.2. The summed E-state index contributed by atoms with van der Waals surface area (Å²) < 4.78 is 5.66. The van der Waals surface area contributed by atoms with Crippen molar-refractivity contribution in [1.82, 2.24) is 0 Å². The number of rotatable bonds is 7. The van der Waals surface area contributed by atoms with Crippen LogP contribution in [-0.4, -0.2) is 12.3 Å². The second-order valence-corrected chi connectivity index (χ2v) is 4.64. The molecule has 0 radical (unpaired) electrons. The van der Waals surface area contributed by atoms with Crippen LogP contribution in [0.1, 0.15) is 31.2 Å². The molecule has 1 aliphatic heterocycles. The highest BCUT2D eigenvalue weighted by Gasteiger charge is 1.97. The van der Waals surface area contributed by atoms with Crippen molar-refractivity contribution in [2.75, 3.05) is 6.61 Å². The maximum absolute atomic E-state index is 5.66.